The van der Waals surface area contributed by atoms with Gasteiger partial charge in [-0.05, 0) is 6.42 Å². The maximum atomic E-state index is 11.9. The number of rotatable bonds is 5. The van der Waals surface area contributed by atoms with Crippen LogP contribution in [0.3, 0.4) is 0 Å². The molecular weight excluding hydrogens is 264 g/mol. The number of carbonyl (C=O) groups excluding carboxylic acids is 1. The number of amides is 2. The van der Waals surface area contributed by atoms with Crippen LogP contribution in [-0.2, 0) is 11.3 Å². The number of carboxylic acid groups (broad SMARTS) is 1. The minimum absolute atomic E-state index is 0.00111. The number of methoxy groups -OCH3 is 1. The van der Waals surface area contributed by atoms with Crippen LogP contribution in [0.15, 0.2) is 12.5 Å². The van der Waals surface area contributed by atoms with Gasteiger partial charge in [0.15, 0.2) is 5.69 Å². The normalized spacial score (nSPS) is 18.2. The van der Waals surface area contributed by atoms with Crippen molar-refractivity contribution in [2.45, 2.75) is 19.1 Å². The predicted octanol–water partition coefficient (Wildman–Crippen LogP) is 0.0116. The van der Waals surface area contributed by atoms with Crippen molar-refractivity contribution in [2.75, 3.05) is 26.7 Å². The first-order chi connectivity index (χ1) is 9.60. The summed E-state index contributed by atoms with van der Waals surface area (Å²) in [5, 5.41) is 11.5. The number of nitrogens with zero attached hydrogens (tertiary/aromatic N) is 3. The third kappa shape index (κ3) is 3.47. The quantitative estimate of drug-likeness (QED) is 0.793. The van der Waals surface area contributed by atoms with Crippen LogP contribution in [-0.4, -0.2) is 64.4 Å². The molecule has 0 bridgehead atoms. The molecule has 0 radical (unpaired) electrons. The fraction of sp³-hybridized carbons (Fsp3) is 0.583. The molecule has 8 nitrogen and oxygen atoms in total. The standard InChI is InChI=1S/C12H18N4O4/c1-20-9-2-4-16(6-9)12(19)13-3-5-15-7-10(11(17)18)14-8-15/h7-9H,2-6H2,1H3,(H,13,19)(H,17,18). The summed E-state index contributed by atoms with van der Waals surface area (Å²) in [4.78, 5) is 28.0. The number of likely N-dealkylation sites (tertiary alicyclic amines) is 1. The highest BCUT2D eigenvalue weighted by molar-refractivity contribution is 5.84. The Hall–Kier alpha value is -2.09. The predicted molar refractivity (Wildman–Crippen MR) is 69.6 cm³/mol. The van der Waals surface area contributed by atoms with Crippen molar-refractivity contribution in [3.8, 4) is 0 Å². The average Bonchev–Trinajstić information content (AvgIpc) is 3.07. The monoisotopic (exact) mass is 282 g/mol. The first-order valence-electron chi connectivity index (χ1n) is 6.41. The molecule has 2 heterocycles. The number of ether oxygens (including phenoxy) is 1. The lowest BCUT2D eigenvalue weighted by molar-refractivity contribution is 0.0691. The summed E-state index contributed by atoms with van der Waals surface area (Å²) in [5.74, 6) is -1.06. The Kier molecular flexibility index (Phi) is 4.57. The van der Waals surface area contributed by atoms with E-state index in [1.54, 1.807) is 16.6 Å². The molecule has 1 aliphatic heterocycles. The molecule has 1 unspecified atom stereocenters. The van der Waals surface area contributed by atoms with Crippen molar-refractivity contribution < 1.29 is 19.4 Å². The van der Waals surface area contributed by atoms with E-state index in [-0.39, 0.29) is 17.8 Å². The third-order valence-electron chi connectivity index (χ3n) is 3.26. The fourth-order valence-electron chi connectivity index (χ4n) is 2.10. The molecule has 2 N–H and O–H groups in total. The molecule has 0 spiro atoms. The van der Waals surface area contributed by atoms with Gasteiger partial charge >= 0.3 is 12.0 Å². The molecular formula is C12H18N4O4. The lowest BCUT2D eigenvalue weighted by atomic mass is 10.3. The summed E-state index contributed by atoms with van der Waals surface area (Å²) in [5.41, 5.74) is -0.00111. The summed E-state index contributed by atoms with van der Waals surface area (Å²) in [7, 11) is 1.64. The largest absolute Gasteiger partial charge is 0.476 e. The van der Waals surface area contributed by atoms with Crippen molar-refractivity contribution in [1.82, 2.24) is 19.8 Å². The van der Waals surface area contributed by atoms with E-state index in [1.165, 1.54) is 12.5 Å². The number of nitrogens with one attached hydrogen (secondary N) is 1. The lowest BCUT2D eigenvalue weighted by Gasteiger charge is -2.17. The summed E-state index contributed by atoms with van der Waals surface area (Å²) < 4.78 is 6.83. The molecule has 8 heteroatoms. The molecule has 110 valence electrons. The Morgan fingerprint density at radius 1 is 1.60 bits per heavy atom. The summed E-state index contributed by atoms with van der Waals surface area (Å²) in [6.07, 6.45) is 3.85. The topological polar surface area (TPSA) is 96.7 Å². The number of carbonyl (C=O) groups is 2. The van der Waals surface area contributed by atoms with E-state index >= 15 is 0 Å². The fourth-order valence-corrected chi connectivity index (χ4v) is 2.10. The zero-order valence-corrected chi connectivity index (χ0v) is 11.3. The van der Waals surface area contributed by atoms with Crippen LogP contribution in [0.1, 0.15) is 16.9 Å². The minimum atomic E-state index is -1.06. The van der Waals surface area contributed by atoms with E-state index in [4.69, 9.17) is 9.84 Å². The summed E-state index contributed by atoms with van der Waals surface area (Å²) in [6, 6.07) is -0.122. The Morgan fingerprint density at radius 2 is 2.40 bits per heavy atom. The third-order valence-corrected chi connectivity index (χ3v) is 3.26. The molecule has 0 saturated carbocycles. The Morgan fingerprint density at radius 3 is 3.00 bits per heavy atom. The Balaban J connectivity index is 1.72. The highest BCUT2D eigenvalue weighted by Gasteiger charge is 2.25. The van der Waals surface area contributed by atoms with Crippen LogP contribution in [0, 0.1) is 0 Å². The van der Waals surface area contributed by atoms with Crippen molar-refractivity contribution in [3.63, 3.8) is 0 Å². The van der Waals surface area contributed by atoms with E-state index < -0.39 is 5.97 Å². The molecule has 0 aromatic carbocycles. The van der Waals surface area contributed by atoms with Gasteiger partial charge in [0.1, 0.15) is 0 Å². The number of carboxylic acids is 1. The Bertz CT molecular complexity index is 488. The number of imidazole rings is 1. The molecule has 1 aromatic rings. The van der Waals surface area contributed by atoms with Crippen molar-refractivity contribution in [1.29, 1.82) is 0 Å². The van der Waals surface area contributed by atoms with Crippen molar-refractivity contribution in [2.24, 2.45) is 0 Å². The van der Waals surface area contributed by atoms with Gasteiger partial charge in [0.05, 0.1) is 12.4 Å². The maximum absolute atomic E-state index is 11.9. The zero-order chi connectivity index (χ0) is 14.5. The molecule has 1 atom stereocenters. The van der Waals surface area contributed by atoms with E-state index in [1.807, 2.05) is 0 Å². The first kappa shape index (κ1) is 14.3. The van der Waals surface area contributed by atoms with E-state index in [2.05, 4.69) is 10.3 Å². The molecule has 1 aliphatic rings. The molecule has 2 rings (SSSR count). The molecule has 0 aliphatic carbocycles. The molecule has 1 saturated heterocycles. The number of hydrogen-bond acceptors (Lipinski definition) is 4. The van der Waals surface area contributed by atoms with Gasteiger partial charge in [0, 0.05) is 39.5 Å². The van der Waals surface area contributed by atoms with Gasteiger partial charge in [0.2, 0.25) is 0 Å². The van der Waals surface area contributed by atoms with Gasteiger partial charge in [-0.25, -0.2) is 14.6 Å². The zero-order valence-electron chi connectivity index (χ0n) is 11.3. The maximum Gasteiger partial charge on any atom is 0.356 e. The van der Waals surface area contributed by atoms with E-state index in [9.17, 15) is 9.59 Å². The minimum Gasteiger partial charge on any atom is -0.476 e. The van der Waals surface area contributed by atoms with Gasteiger partial charge in [-0.3, -0.25) is 0 Å². The van der Waals surface area contributed by atoms with Crippen LogP contribution >= 0.6 is 0 Å². The van der Waals surface area contributed by atoms with Crippen LogP contribution in [0.25, 0.3) is 0 Å². The van der Waals surface area contributed by atoms with E-state index in [0.29, 0.717) is 26.2 Å². The van der Waals surface area contributed by atoms with E-state index in [0.717, 1.165) is 6.42 Å². The Labute approximate surface area is 116 Å². The second-order valence-corrected chi connectivity index (χ2v) is 4.63. The van der Waals surface area contributed by atoms with Crippen LogP contribution in [0.5, 0.6) is 0 Å². The van der Waals surface area contributed by atoms with Gasteiger partial charge in [-0.1, -0.05) is 0 Å². The van der Waals surface area contributed by atoms with Gasteiger partial charge < -0.3 is 24.6 Å². The summed E-state index contributed by atoms with van der Waals surface area (Å²) in [6.45, 7) is 2.20. The molecule has 2 amide bonds. The molecule has 20 heavy (non-hydrogen) atoms. The van der Waals surface area contributed by atoms with Crippen LogP contribution in [0.4, 0.5) is 4.79 Å². The highest BCUT2D eigenvalue weighted by Crippen LogP contribution is 2.11. The lowest BCUT2D eigenvalue weighted by Crippen LogP contribution is -2.40. The second kappa shape index (κ2) is 6.38. The van der Waals surface area contributed by atoms with Gasteiger partial charge in [-0.2, -0.15) is 0 Å². The number of aromatic nitrogens is 2. The number of urea groups is 1. The van der Waals surface area contributed by atoms with Crippen LogP contribution in [0.2, 0.25) is 0 Å². The van der Waals surface area contributed by atoms with Crippen molar-refractivity contribution >= 4 is 12.0 Å². The number of hydrogen-bond donors (Lipinski definition) is 2. The second-order valence-electron chi connectivity index (χ2n) is 4.63. The van der Waals surface area contributed by atoms with Crippen LogP contribution < -0.4 is 5.32 Å². The highest BCUT2D eigenvalue weighted by atomic mass is 16.5. The van der Waals surface area contributed by atoms with Gasteiger partial charge in [0.25, 0.3) is 0 Å². The number of aromatic carboxylic acids is 1. The SMILES string of the molecule is COC1CCN(C(=O)NCCn2cnc(C(=O)O)c2)C1. The summed E-state index contributed by atoms with van der Waals surface area (Å²) >= 11 is 0. The smallest absolute Gasteiger partial charge is 0.356 e. The van der Waals surface area contributed by atoms with Crippen molar-refractivity contribution in [3.05, 3.63) is 18.2 Å². The molecule has 1 aromatic heterocycles. The van der Waals surface area contributed by atoms with Gasteiger partial charge in [-0.15, -0.1) is 0 Å². The molecule has 1 fully saturated rings. The first-order valence-corrected chi connectivity index (χ1v) is 6.41. The average molecular weight is 282 g/mol.